The highest BCUT2D eigenvalue weighted by Gasteiger charge is 2.19. The Morgan fingerprint density at radius 1 is 1.47 bits per heavy atom. The molecule has 0 bridgehead atoms. The van der Waals surface area contributed by atoms with Crippen LogP contribution in [-0.4, -0.2) is 6.61 Å². The van der Waals surface area contributed by atoms with E-state index < -0.39 is 6.04 Å². The molecule has 1 aliphatic rings. The van der Waals surface area contributed by atoms with Crippen LogP contribution in [0.2, 0.25) is 0 Å². The molecule has 1 atom stereocenters. The molecule has 0 saturated carbocycles. The molecule has 0 amide bonds. The van der Waals surface area contributed by atoms with Gasteiger partial charge >= 0.3 is 0 Å². The van der Waals surface area contributed by atoms with Gasteiger partial charge in [0, 0.05) is 6.42 Å². The Hall–Kier alpha value is -0.870. The van der Waals surface area contributed by atoms with Gasteiger partial charge in [-0.15, -0.1) is 0 Å². The van der Waals surface area contributed by atoms with E-state index in [1.165, 1.54) is 6.07 Å². The standard InChI is InChI=1S/C11H11BrFNO/c12-10-7(3-1-4-8(10)13)11(14)9-5-2-6-15-9/h1,3-5,11H,2,6,14H2. The van der Waals surface area contributed by atoms with E-state index in [1.807, 2.05) is 6.08 Å². The quantitative estimate of drug-likeness (QED) is 0.898. The Labute approximate surface area is 96.0 Å². The lowest BCUT2D eigenvalue weighted by atomic mass is 10.1. The molecule has 80 valence electrons. The molecule has 1 aliphatic heterocycles. The maximum absolute atomic E-state index is 13.3. The van der Waals surface area contributed by atoms with Gasteiger partial charge in [-0.2, -0.15) is 0 Å². The van der Waals surface area contributed by atoms with Crippen LogP contribution in [0.3, 0.4) is 0 Å². The molecule has 4 heteroatoms. The van der Waals surface area contributed by atoms with Gasteiger partial charge in [-0.25, -0.2) is 4.39 Å². The van der Waals surface area contributed by atoms with Crippen molar-refractivity contribution in [3.05, 3.63) is 45.9 Å². The van der Waals surface area contributed by atoms with Crippen molar-refractivity contribution in [1.82, 2.24) is 0 Å². The lowest BCUT2D eigenvalue weighted by Crippen LogP contribution is -2.14. The highest BCUT2D eigenvalue weighted by atomic mass is 79.9. The van der Waals surface area contributed by atoms with Crippen LogP contribution in [0, 0.1) is 5.82 Å². The van der Waals surface area contributed by atoms with Crippen molar-refractivity contribution in [3.8, 4) is 0 Å². The SMILES string of the molecule is NC(C1=CCCO1)c1cccc(F)c1Br. The van der Waals surface area contributed by atoms with Crippen molar-refractivity contribution in [2.45, 2.75) is 12.5 Å². The molecule has 0 radical (unpaired) electrons. The van der Waals surface area contributed by atoms with E-state index >= 15 is 0 Å². The number of ether oxygens (including phenoxy) is 1. The van der Waals surface area contributed by atoms with Gasteiger partial charge in [0.05, 0.1) is 17.1 Å². The molecule has 15 heavy (non-hydrogen) atoms. The van der Waals surface area contributed by atoms with E-state index in [1.54, 1.807) is 12.1 Å². The van der Waals surface area contributed by atoms with Crippen molar-refractivity contribution in [3.63, 3.8) is 0 Å². The van der Waals surface area contributed by atoms with Gasteiger partial charge in [0.25, 0.3) is 0 Å². The Morgan fingerprint density at radius 3 is 2.93 bits per heavy atom. The maximum atomic E-state index is 13.3. The molecule has 0 spiro atoms. The van der Waals surface area contributed by atoms with E-state index in [2.05, 4.69) is 15.9 Å². The second kappa shape index (κ2) is 4.33. The minimum absolute atomic E-state index is 0.304. The molecule has 1 aromatic carbocycles. The number of benzene rings is 1. The van der Waals surface area contributed by atoms with Crippen LogP contribution >= 0.6 is 15.9 Å². The number of hydrogen-bond acceptors (Lipinski definition) is 2. The molecule has 1 unspecified atom stereocenters. The first-order valence-corrected chi connectivity index (χ1v) is 5.52. The summed E-state index contributed by atoms with van der Waals surface area (Å²) in [5.41, 5.74) is 6.69. The third-order valence-electron chi connectivity index (χ3n) is 2.36. The van der Waals surface area contributed by atoms with Gasteiger partial charge < -0.3 is 10.5 Å². The summed E-state index contributed by atoms with van der Waals surface area (Å²) < 4.78 is 19.0. The van der Waals surface area contributed by atoms with E-state index in [4.69, 9.17) is 10.5 Å². The summed E-state index contributed by atoms with van der Waals surface area (Å²) in [5, 5.41) is 0. The first-order chi connectivity index (χ1) is 7.20. The van der Waals surface area contributed by atoms with Crippen molar-refractivity contribution < 1.29 is 9.13 Å². The Morgan fingerprint density at radius 2 is 2.27 bits per heavy atom. The first kappa shape index (κ1) is 10.6. The summed E-state index contributed by atoms with van der Waals surface area (Å²) in [7, 11) is 0. The fourth-order valence-electron chi connectivity index (χ4n) is 1.57. The zero-order valence-corrected chi connectivity index (χ0v) is 9.63. The topological polar surface area (TPSA) is 35.2 Å². The lowest BCUT2D eigenvalue weighted by molar-refractivity contribution is 0.225. The van der Waals surface area contributed by atoms with Crippen LogP contribution in [0.25, 0.3) is 0 Å². The zero-order chi connectivity index (χ0) is 10.8. The first-order valence-electron chi connectivity index (χ1n) is 4.72. The van der Waals surface area contributed by atoms with Gasteiger partial charge in [0.1, 0.15) is 11.6 Å². The van der Waals surface area contributed by atoms with Crippen LogP contribution in [0.1, 0.15) is 18.0 Å². The van der Waals surface area contributed by atoms with E-state index in [-0.39, 0.29) is 5.82 Å². The number of halogens is 2. The average Bonchev–Trinajstić information content (AvgIpc) is 2.74. The van der Waals surface area contributed by atoms with Gasteiger partial charge in [0.15, 0.2) is 0 Å². The van der Waals surface area contributed by atoms with Crippen molar-refractivity contribution in [2.75, 3.05) is 6.61 Å². The number of rotatable bonds is 2. The molecular weight excluding hydrogens is 261 g/mol. The highest BCUT2D eigenvalue weighted by molar-refractivity contribution is 9.10. The van der Waals surface area contributed by atoms with Crippen LogP contribution in [0.4, 0.5) is 4.39 Å². The maximum Gasteiger partial charge on any atom is 0.137 e. The monoisotopic (exact) mass is 271 g/mol. The smallest absolute Gasteiger partial charge is 0.137 e. The molecular formula is C11H11BrFNO. The molecule has 1 heterocycles. The van der Waals surface area contributed by atoms with E-state index in [0.29, 0.717) is 16.6 Å². The van der Waals surface area contributed by atoms with Crippen molar-refractivity contribution >= 4 is 15.9 Å². The predicted octanol–water partition coefficient (Wildman–Crippen LogP) is 2.89. The molecule has 0 saturated heterocycles. The van der Waals surface area contributed by atoms with Gasteiger partial charge in [-0.3, -0.25) is 0 Å². The van der Waals surface area contributed by atoms with Crippen LogP contribution in [0.15, 0.2) is 34.5 Å². The zero-order valence-electron chi connectivity index (χ0n) is 8.04. The molecule has 1 aromatic rings. The molecule has 2 N–H and O–H groups in total. The number of hydrogen-bond donors (Lipinski definition) is 1. The largest absolute Gasteiger partial charge is 0.496 e. The Kier molecular flexibility index (Phi) is 3.07. The van der Waals surface area contributed by atoms with Crippen LogP contribution in [0.5, 0.6) is 0 Å². The third kappa shape index (κ3) is 2.06. The molecule has 0 aliphatic carbocycles. The van der Waals surface area contributed by atoms with Crippen molar-refractivity contribution in [1.29, 1.82) is 0 Å². The second-order valence-electron chi connectivity index (χ2n) is 3.36. The Balaban J connectivity index is 2.32. The fraction of sp³-hybridized carbons (Fsp3) is 0.273. The normalized spacial score (nSPS) is 17.1. The van der Waals surface area contributed by atoms with Crippen LogP contribution in [-0.2, 0) is 4.74 Å². The average molecular weight is 272 g/mol. The van der Waals surface area contributed by atoms with Gasteiger partial charge in [-0.05, 0) is 33.6 Å². The molecule has 2 nitrogen and oxygen atoms in total. The minimum atomic E-state index is -0.391. The van der Waals surface area contributed by atoms with Crippen LogP contribution < -0.4 is 5.73 Å². The summed E-state index contributed by atoms with van der Waals surface area (Å²) in [5.74, 6) is 0.419. The molecule has 0 fully saturated rings. The summed E-state index contributed by atoms with van der Waals surface area (Å²) in [6.07, 6.45) is 2.82. The fourth-order valence-corrected chi connectivity index (χ4v) is 2.08. The molecule has 2 rings (SSSR count). The Bertz CT molecular complexity index is 406. The number of nitrogens with two attached hydrogens (primary N) is 1. The second-order valence-corrected chi connectivity index (χ2v) is 4.16. The molecule has 0 aromatic heterocycles. The lowest BCUT2D eigenvalue weighted by Gasteiger charge is -2.15. The van der Waals surface area contributed by atoms with Crippen molar-refractivity contribution in [2.24, 2.45) is 5.73 Å². The van der Waals surface area contributed by atoms with E-state index in [9.17, 15) is 4.39 Å². The van der Waals surface area contributed by atoms with Gasteiger partial charge in [-0.1, -0.05) is 12.1 Å². The van der Waals surface area contributed by atoms with Gasteiger partial charge in [0.2, 0.25) is 0 Å². The summed E-state index contributed by atoms with van der Waals surface area (Å²) in [6, 6.07) is 4.44. The predicted molar refractivity (Wildman–Crippen MR) is 59.7 cm³/mol. The summed E-state index contributed by atoms with van der Waals surface area (Å²) in [4.78, 5) is 0. The highest BCUT2D eigenvalue weighted by Crippen LogP contribution is 2.30. The summed E-state index contributed by atoms with van der Waals surface area (Å²) >= 11 is 3.19. The summed E-state index contributed by atoms with van der Waals surface area (Å²) in [6.45, 7) is 0.663. The minimum Gasteiger partial charge on any atom is -0.496 e. The third-order valence-corrected chi connectivity index (χ3v) is 3.19. The van der Waals surface area contributed by atoms with E-state index in [0.717, 1.165) is 12.2 Å².